The van der Waals surface area contributed by atoms with Gasteiger partial charge in [-0.05, 0) is 51.3 Å². The van der Waals surface area contributed by atoms with Crippen LogP contribution in [-0.4, -0.2) is 28.3 Å². The van der Waals surface area contributed by atoms with E-state index in [1.165, 1.54) is 5.56 Å². The Morgan fingerprint density at radius 3 is 2.50 bits per heavy atom. The first kappa shape index (κ1) is 15.3. The minimum Gasteiger partial charge on any atom is -0.388 e. The van der Waals surface area contributed by atoms with Gasteiger partial charge in [-0.2, -0.15) is 0 Å². The number of rotatable bonds is 4. The fourth-order valence-electron chi connectivity index (χ4n) is 3.30. The number of benzene rings is 1. The summed E-state index contributed by atoms with van der Waals surface area (Å²) in [5.74, 6) is 1.27. The Hall–Kier alpha value is -1.65. The van der Waals surface area contributed by atoms with Crippen LogP contribution in [0.4, 0.5) is 0 Å². The molecular formula is C18H24N2O2. The maximum absolute atomic E-state index is 10.5. The minimum absolute atomic E-state index is 0.345. The van der Waals surface area contributed by atoms with E-state index < -0.39 is 0 Å². The van der Waals surface area contributed by atoms with Crippen LogP contribution in [-0.2, 0) is 6.54 Å². The lowest BCUT2D eigenvalue weighted by Crippen LogP contribution is -2.35. The summed E-state index contributed by atoms with van der Waals surface area (Å²) in [5, 5.41) is 14.6. The number of nitrogens with zero attached hydrogens (tertiary/aromatic N) is 2. The van der Waals surface area contributed by atoms with E-state index in [0.717, 1.165) is 49.5 Å². The molecule has 3 rings (SSSR count). The lowest BCUT2D eigenvalue weighted by Gasteiger charge is -2.34. The number of aromatic nitrogens is 1. The van der Waals surface area contributed by atoms with Crippen molar-refractivity contribution < 1.29 is 9.63 Å². The molecule has 0 amide bonds. The van der Waals surface area contributed by atoms with Crippen molar-refractivity contribution in [2.75, 3.05) is 13.1 Å². The second kappa shape index (κ2) is 6.63. The summed E-state index contributed by atoms with van der Waals surface area (Å²) >= 11 is 0. The summed E-state index contributed by atoms with van der Waals surface area (Å²) in [4.78, 5) is 2.43. The van der Waals surface area contributed by atoms with Crippen LogP contribution in [0.25, 0.3) is 0 Å². The Labute approximate surface area is 131 Å². The lowest BCUT2D eigenvalue weighted by atomic mass is 9.87. The minimum atomic E-state index is -0.345. The van der Waals surface area contributed by atoms with E-state index in [4.69, 9.17) is 4.52 Å². The fourth-order valence-corrected chi connectivity index (χ4v) is 3.30. The van der Waals surface area contributed by atoms with Crippen molar-refractivity contribution >= 4 is 0 Å². The van der Waals surface area contributed by atoms with Crippen LogP contribution in [0.3, 0.4) is 0 Å². The third-order valence-electron chi connectivity index (χ3n) is 4.78. The average molecular weight is 300 g/mol. The number of aryl methyl sites for hydroxylation is 2. The van der Waals surface area contributed by atoms with E-state index in [-0.39, 0.29) is 6.10 Å². The van der Waals surface area contributed by atoms with Gasteiger partial charge in [0.1, 0.15) is 5.76 Å². The molecule has 1 aliphatic rings. The molecule has 4 nitrogen and oxygen atoms in total. The van der Waals surface area contributed by atoms with E-state index in [1.807, 2.05) is 44.2 Å². The summed E-state index contributed by atoms with van der Waals surface area (Å²) in [7, 11) is 0. The number of aliphatic hydroxyl groups is 1. The van der Waals surface area contributed by atoms with Crippen molar-refractivity contribution in [1.82, 2.24) is 10.1 Å². The highest BCUT2D eigenvalue weighted by Crippen LogP contribution is 2.31. The number of hydrogen-bond donors (Lipinski definition) is 1. The molecule has 118 valence electrons. The van der Waals surface area contributed by atoms with Crippen LogP contribution in [0.15, 0.2) is 34.9 Å². The molecular weight excluding hydrogens is 276 g/mol. The van der Waals surface area contributed by atoms with Crippen LogP contribution < -0.4 is 0 Å². The maximum Gasteiger partial charge on any atom is 0.138 e. The van der Waals surface area contributed by atoms with Gasteiger partial charge in [-0.3, -0.25) is 4.90 Å². The number of aliphatic hydroxyl groups excluding tert-OH is 1. The van der Waals surface area contributed by atoms with Crippen LogP contribution in [0.5, 0.6) is 0 Å². The van der Waals surface area contributed by atoms with Crippen LogP contribution in [0, 0.1) is 19.8 Å². The molecule has 2 heterocycles. The van der Waals surface area contributed by atoms with Gasteiger partial charge >= 0.3 is 0 Å². The zero-order valence-electron chi connectivity index (χ0n) is 13.3. The molecule has 1 atom stereocenters. The third kappa shape index (κ3) is 3.23. The third-order valence-corrected chi connectivity index (χ3v) is 4.78. The lowest BCUT2D eigenvalue weighted by molar-refractivity contribution is 0.0566. The molecule has 1 aliphatic heterocycles. The smallest absolute Gasteiger partial charge is 0.138 e. The van der Waals surface area contributed by atoms with Crippen LogP contribution in [0.1, 0.15) is 41.5 Å². The van der Waals surface area contributed by atoms with Crippen LogP contribution in [0.2, 0.25) is 0 Å². The number of hydrogen-bond acceptors (Lipinski definition) is 4. The molecule has 0 radical (unpaired) electrons. The van der Waals surface area contributed by atoms with Crippen molar-refractivity contribution in [1.29, 1.82) is 0 Å². The molecule has 0 bridgehead atoms. The second-order valence-electron chi connectivity index (χ2n) is 6.27. The van der Waals surface area contributed by atoms with Gasteiger partial charge in [-0.15, -0.1) is 0 Å². The second-order valence-corrected chi connectivity index (χ2v) is 6.27. The van der Waals surface area contributed by atoms with Gasteiger partial charge in [-0.25, -0.2) is 0 Å². The van der Waals surface area contributed by atoms with E-state index >= 15 is 0 Å². The molecule has 0 spiro atoms. The van der Waals surface area contributed by atoms with Crippen LogP contribution >= 0.6 is 0 Å². The SMILES string of the molecule is Cc1noc(C)c1CN1CCC([C@H](O)c2ccccc2)CC1. The van der Waals surface area contributed by atoms with Gasteiger partial charge in [0, 0.05) is 12.1 Å². The monoisotopic (exact) mass is 300 g/mol. The molecule has 1 aromatic heterocycles. The van der Waals surface area contributed by atoms with Crippen molar-refractivity contribution in [3.05, 3.63) is 52.9 Å². The summed E-state index contributed by atoms with van der Waals surface area (Å²) in [6, 6.07) is 10.0. The molecule has 0 aliphatic carbocycles. The topological polar surface area (TPSA) is 49.5 Å². The Morgan fingerprint density at radius 2 is 1.91 bits per heavy atom. The summed E-state index contributed by atoms with van der Waals surface area (Å²) in [6.45, 7) is 6.89. The van der Waals surface area contributed by atoms with Gasteiger partial charge in [0.2, 0.25) is 0 Å². The van der Waals surface area contributed by atoms with E-state index in [9.17, 15) is 5.11 Å². The normalized spacial score (nSPS) is 18.5. The van der Waals surface area contributed by atoms with Crippen molar-refractivity contribution in [2.45, 2.75) is 39.3 Å². The average Bonchev–Trinajstić information content (AvgIpc) is 2.88. The Morgan fingerprint density at radius 1 is 1.23 bits per heavy atom. The summed E-state index contributed by atoms with van der Waals surface area (Å²) in [5.41, 5.74) is 3.23. The molecule has 0 unspecified atom stereocenters. The maximum atomic E-state index is 10.5. The molecule has 1 aromatic carbocycles. The summed E-state index contributed by atoms with van der Waals surface area (Å²) < 4.78 is 5.24. The zero-order chi connectivity index (χ0) is 15.5. The molecule has 0 saturated carbocycles. The molecule has 1 N–H and O–H groups in total. The number of likely N-dealkylation sites (tertiary alicyclic amines) is 1. The van der Waals surface area contributed by atoms with Crippen molar-refractivity contribution in [2.24, 2.45) is 5.92 Å². The number of piperidine rings is 1. The van der Waals surface area contributed by atoms with Gasteiger partial charge in [-0.1, -0.05) is 35.5 Å². The predicted molar refractivity (Wildman–Crippen MR) is 85.4 cm³/mol. The largest absolute Gasteiger partial charge is 0.388 e. The highest BCUT2D eigenvalue weighted by atomic mass is 16.5. The molecule has 4 heteroatoms. The van der Waals surface area contributed by atoms with E-state index in [2.05, 4.69) is 10.1 Å². The zero-order valence-corrected chi connectivity index (χ0v) is 13.3. The highest BCUT2D eigenvalue weighted by Gasteiger charge is 2.27. The van der Waals surface area contributed by atoms with E-state index in [1.54, 1.807) is 0 Å². The molecule has 22 heavy (non-hydrogen) atoms. The standard InChI is InChI=1S/C18H24N2O2/c1-13-17(14(2)22-19-13)12-20-10-8-16(9-11-20)18(21)15-6-4-3-5-7-15/h3-7,16,18,21H,8-12H2,1-2H3/t18-/m1/s1. The first-order valence-electron chi connectivity index (χ1n) is 8.02. The fraction of sp³-hybridized carbons (Fsp3) is 0.500. The van der Waals surface area contributed by atoms with Gasteiger partial charge in [0.15, 0.2) is 0 Å². The van der Waals surface area contributed by atoms with Gasteiger partial charge in [0.05, 0.1) is 11.8 Å². The quantitative estimate of drug-likeness (QED) is 0.942. The first-order valence-corrected chi connectivity index (χ1v) is 8.02. The Kier molecular flexibility index (Phi) is 4.60. The summed E-state index contributed by atoms with van der Waals surface area (Å²) in [6.07, 6.45) is 1.71. The molecule has 1 fully saturated rings. The van der Waals surface area contributed by atoms with Crippen molar-refractivity contribution in [3.63, 3.8) is 0 Å². The van der Waals surface area contributed by atoms with Gasteiger partial charge < -0.3 is 9.63 Å². The molecule has 2 aromatic rings. The first-order chi connectivity index (χ1) is 10.6. The van der Waals surface area contributed by atoms with Gasteiger partial charge in [0.25, 0.3) is 0 Å². The highest BCUT2D eigenvalue weighted by molar-refractivity contribution is 5.21. The Bertz CT molecular complexity index is 581. The van der Waals surface area contributed by atoms with Crippen molar-refractivity contribution in [3.8, 4) is 0 Å². The molecule has 1 saturated heterocycles. The Balaban J connectivity index is 1.56. The predicted octanol–water partition coefficient (Wildman–Crippen LogP) is 3.24. The van der Waals surface area contributed by atoms with E-state index in [0.29, 0.717) is 5.92 Å².